The third kappa shape index (κ3) is 5.25. The second kappa shape index (κ2) is 13.1. The van der Waals surface area contributed by atoms with E-state index in [0.29, 0.717) is 17.5 Å². The molecule has 0 unspecified atom stereocenters. The monoisotopic (exact) mass is 756 g/mol. The first-order valence-electron chi connectivity index (χ1n) is 19.5. The van der Waals surface area contributed by atoms with E-state index in [2.05, 4.69) is 199 Å². The molecule has 0 N–H and O–H groups in total. The molecule has 9 aromatic carbocycles. The van der Waals surface area contributed by atoms with Gasteiger partial charge in [0.05, 0.1) is 11.0 Å². The fraction of sp³-hybridized carbons (Fsp3) is 0. The van der Waals surface area contributed by atoms with Crippen molar-refractivity contribution < 1.29 is 0 Å². The minimum Gasteiger partial charge on any atom is -0.309 e. The maximum atomic E-state index is 5.34. The van der Waals surface area contributed by atoms with Crippen LogP contribution in [0, 0.1) is 0 Å². The Kier molecular flexibility index (Phi) is 7.37. The first-order chi connectivity index (χ1) is 28.7. The summed E-state index contributed by atoms with van der Waals surface area (Å²) in [5.41, 5.74) is 8.63. The van der Waals surface area contributed by atoms with Gasteiger partial charge in [0, 0.05) is 58.7 Å². The summed E-state index contributed by atoms with van der Waals surface area (Å²) in [7, 11) is 0. The van der Waals surface area contributed by atoms with Gasteiger partial charge in [0.25, 0.3) is 0 Å². The molecule has 0 saturated heterocycles. The van der Waals surface area contributed by atoms with Crippen LogP contribution in [-0.2, 0) is 0 Å². The molecule has 0 aliphatic heterocycles. The molecule has 4 nitrogen and oxygen atoms in total. The van der Waals surface area contributed by atoms with Gasteiger partial charge in [-0.3, -0.25) is 0 Å². The van der Waals surface area contributed by atoms with E-state index in [9.17, 15) is 0 Å². The predicted octanol–water partition coefficient (Wildman–Crippen LogP) is 14.3. The zero-order valence-electron chi connectivity index (χ0n) is 31.2. The smallest absolute Gasteiger partial charge is 0.164 e. The van der Waals surface area contributed by atoms with E-state index in [-0.39, 0.29) is 0 Å². The highest BCUT2D eigenvalue weighted by Gasteiger charge is 2.19. The molecule has 0 aliphatic carbocycles. The van der Waals surface area contributed by atoms with E-state index in [0.717, 1.165) is 49.6 Å². The molecule has 5 heteroatoms. The Bertz CT molecular complexity index is 3570. The standard InChI is InChI=1S/C53H32N4S/c1-3-12-33(13-4-1)36-24-27-41-44-30-37(25-28-46(44)57(47(41)32-36)39-16-5-2-6-17-39)51-54-52(38-26-29-49-45(31-38)42-19-9-10-21-48(42)58-49)56-53(55-51)43-20-11-15-35-23-22-34-14-7-8-18-40(34)50(35)43/h1-32H. The molecule has 0 fully saturated rings. The van der Waals surface area contributed by atoms with Crippen molar-refractivity contribution in [2.45, 2.75) is 0 Å². The molecular formula is C53H32N4S. The van der Waals surface area contributed by atoms with Gasteiger partial charge >= 0.3 is 0 Å². The Morgan fingerprint density at radius 3 is 1.83 bits per heavy atom. The van der Waals surface area contributed by atoms with Gasteiger partial charge in [-0.15, -0.1) is 11.3 Å². The number of para-hydroxylation sites is 1. The number of fused-ring (bicyclic) bond motifs is 9. The first kappa shape index (κ1) is 32.7. The van der Waals surface area contributed by atoms with Crippen LogP contribution >= 0.6 is 11.3 Å². The zero-order valence-corrected chi connectivity index (χ0v) is 32.0. The number of nitrogens with zero attached hydrogens (tertiary/aromatic N) is 4. The van der Waals surface area contributed by atoms with Gasteiger partial charge in [-0.05, 0) is 87.9 Å². The molecule has 270 valence electrons. The van der Waals surface area contributed by atoms with E-state index in [4.69, 9.17) is 15.0 Å². The highest BCUT2D eigenvalue weighted by molar-refractivity contribution is 7.25. The summed E-state index contributed by atoms with van der Waals surface area (Å²) >= 11 is 1.81. The third-order valence-corrected chi connectivity index (χ3v) is 12.6. The minimum absolute atomic E-state index is 0.635. The van der Waals surface area contributed by atoms with Crippen LogP contribution in [0.4, 0.5) is 0 Å². The lowest BCUT2D eigenvalue weighted by atomic mass is 9.97. The Morgan fingerprint density at radius 2 is 0.983 bits per heavy atom. The van der Waals surface area contributed by atoms with Crippen LogP contribution in [0.25, 0.3) is 115 Å². The molecule has 0 bridgehead atoms. The quantitative estimate of drug-likeness (QED) is 0.164. The van der Waals surface area contributed by atoms with Crippen LogP contribution in [0.1, 0.15) is 0 Å². The highest BCUT2D eigenvalue weighted by atomic mass is 32.1. The van der Waals surface area contributed by atoms with Crippen LogP contribution in [0.5, 0.6) is 0 Å². The fourth-order valence-corrected chi connectivity index (χ4v) is 9.78. The maximum Gasteiger partial charge on any atom is 0.164 e. The second-order valence-electron chi connectivity index (χ2n) is 14.8. The number of thiophene rings is 1. The normalized spacial score (nSPS) is 11.8. The number of aromatic nitrogens is 4. The largest absolute Gasteiger partial charge is 0.309 e. The number of benzene rings is 9. The van der Waals surface area contributed by atoms with Crippen molar-refractivity contribution in [1.82, 2.24) is 19.5 Å². The SMILES string of the molecule is c1ccc(-c2ccc3c4cc(-c5nc(-c6ccc7sc8ccccc8c7c6)nc(-c6cccc7ccc8ccccc8c67)n5)ccc4n(-c4ccccc4)c3c2)cc1. The topological polar surface area (TPSA) is 43.6 Å². The van der Waals surface area contributed by atoms with Gasteiger partial charge in [0.1, 0.15) is 0 Å². The molecule has 3 aromatic heterocycles. The number of hydrogen-bond donors (Lipinski definition) is 0. The van der Waals surface area contributed by atoms with Gasteiger partial charge < -0.3 is 4.57 Å². The Morgan fingerprint density at radius 1 is 0.345 bits per heavy atom. The molecule has 0 spiro atoms. The maximum absolute atomic E-state index is 5.34. The Labute approximate surface area is 338 Å². The second-order valence-corrected chi connectivity index (χ2v) is 15.9. The zero-order chi connectivity index (χ0) is 38.2. The number of rotatable bonds is 5. The van der Waals surface area contributed by atoms with E-state index in [1.165, 1.54) is 47.5 Å². The number of hydrogen-bond acceptors (Lipinski definition) is 4. The average molecular weight is 757 g/mol. The molecule has 12 rings (SSSR count). The lowest BCUT2D eigenvalue weighted by molar-refractivity contribution is 1.08. The molecule has 58 heavy (non-hydrogen) atoms. The van der Waals surface area contributed by atoms with Crippen LogP contribution in [0.15, 0.2) is 194 Å². The lowest BCUT2D eigenvalue weighted by Gasteiger charge is -2.12. The van der Waals surface area contributed by atoms with E-state index in [1.54, 1.807) is 0 Å². The van der Waals surface area contributed by atoms with Gasteiger partial charge in [0.2, 0.25) is 0 Å². The van der Waals surface area contributed by atoms with E-state index < -0.39 is 0 Å². The highest BCUT2D eigenvalue weighted by Crippen LogP contribution is 2.40. The van der Waals surface area contributed by atoms with E-state index in [1.807, 2.05) is 11.3 Å². The molecule has 0 aliphatic rings. The van der Waals surface area contributed by atoms with Crippen molar-refractivity contribution in [3.05, 3.63) is 194 Å². The van der Waals surface area contributed by atoms with Crippen LogP contribution in [-0.4, -0.2) is 19.5 Å². The van der Waals surface area contributed by atoms with Gasteiger partial charge in [-0.1, -0.05) is 133 Å². The molecule has 0 radical (unpaired) electrons. The van der Waals surface area contributed by atoms with Crippen molar-refractivity contribution in [1.29, 1.82) is 0 Å². The third-order valence-electron chi connectivity index (χ3n) is 11.4. The van der Waals surface area contributed by atoms with Crippen molar-refractivity contribution >= 4 is 74.9 Å². The van der Waals surface area contributed by atoms with Gasteiger partial charge in [-0.2, -0.15) is 0 Å². The van der Waals surface area contributed by atoms with Gasteiger partial charge in [-0.25, -0.2) is 15.0 Å². The predicted molar refractivity (Wildman–Crippen MR) is 244 cm³/mol. The summed E-state index contributed by atoms with van der Waals surface area (Å²) < 4.78 is 4.89. The lowest BCUT2D eigenvalue weighted by Crippen LogP contribution is -2.01. The Hall–Kier alpha value is -7.47. The van der Waals surface area contributed by atoms with Crippen molar-refractivity contribution in [3.63, 3.8) is 0 Å². The summed E-state index contributed by atoms with van der Waals surface area (Å²) in [5, 5.41) is 9.41. The molecule has 0 saturated carbocycles. The van der Waals surface area contributed by atoms with Crippen molar-refractivity contribution in [3.8, 4) is 51.0 Å². The average Bonchev–Trinajstić information content (AvgIpc) is 3.84. The van der Waals surface area contributed by atoms with E-state index >= 15 is 0 Å². The first-order valence-corrected chi connectivity index (χ1v) is 20.3. The van der Waals surface area contributed by atoms with Crippen LogP contribution in [0.3, 0.4) is 0 Å². The minimum atomic E-state index is 0.635. The Balaban J connectivity index is 1.11. The molecule has 12 aromatic rings. The van der Waals surface area contributed by atoms with Crippen molar-refractivity contribution in [2.75, 3.05) is 0 Å². The van der Waals surface area contributed by atoms with Crippen LogP contribution in [0.2, 0.25) is 0 Å². The summed E-state index contributed by atoms with van der Waals surface area (Å²) in [5.74, 6) is 1.93. The van der Waals surface area contributed by atoms with Crippen molar-refractivity contribution in [2.24, 2.45) is 0 Å². The van der Waals surface area contributed by atoms with Crippen LogP contribution < -0.4 is 0 Å². The summed E-state index contributed by atoms with van der Waals surface area (Å²) in [6, 6.07) is 69.2. The summed E-state index contributed by atoms with van der Waals surface area (Å²) in [4.78, 5) is 15.9. The summed E-state index contributed by atoms with van der Waals surface area (Å²) in [6.07, 6.45) is 0. The molecule has 0 atom stereocenters. The molecular weight excluding hydrogens is 725 g/mol. The van der Waals surface area contributed by atoms with Gasteiger partial charge in [0.15, 0.2) is 17.5 Å². The molecule has 3 heterocycles. The molecule has 0 amide bonds. The fourth-order valence-electron chi connectivity index (χ4n) is 8.69. The summed E-state index contributed by atoms with van der Waals surface area (Å²) in [6.45, 7) is 0.